The van der Waals surface area contributed by atoms with Gasteiger partial charge < -0.3 is 10.3 Å². The van der Waals surface area contributed by atoms with Gasteiger partial charge in [-0.2, -0.15) is 0 Å². The quantitative estimate of drug-likeness (QED) is 0.410. The van der Waals surface area contributed by atoms with Crippen molar-refractivity contribution in [2.75, 3.05) is 5.32 Å². The molecule has 5 rings (SSSR count). The van der Waals surface area contributed by atoms with E-state index < -0.39 is 0 Å². The zero-order chi connectivity index (χ0) is 21.8. The van der Waals surface area contributed by atoms with Crippen LogP contribution in [0.25, 0.3) is 27.9 Å². The van der Waals surface area contributed by atoms with E-state index in [1.807, 2.05) is 34.9 Å². The van der Waals surface area contributed by atoms with Gasteiger partial charge in [-0.15, -0.1) is 12.8 Å². The van der Waals surface area contributed by atoms with Gasteiger partial charge in [-0.1, -0.05) is 25.1 Å². The number of para-hydroxylation sites is 1. The molecule has 3 heterocycles. The molecule has 0 aliphatic rings. The molecule has 3 aromatic heterocycles. The van der Waals surface area contributed by atoms with E-state index >= 15 is 0 Å². The summed E-state index contributed by atoms with van der Waals surface area (Å²) >= 11 is 0. The van der Waals surface area contributed by atoms with Crippen molar-refractivity contribution in [1.82, 2.24) is 29.5 Å². The van der Waals surface area contributed by atoms with Crippen LogP contribution in [-0.2, 0) is 0 Å². The molecule has 0 fully saturated rings. The van der Waals surface area contributed by atoms with Gasteiger partial charge in [0, 0.05) is 11.8 Å². The number of benzene rings is 2. The maximum absolute atomic E-state index is 14.0. The van der Waals surface area contributed by atoms with Crippen LogP contribution in [0.1, 0.15) is 25.2 Å². The van der Waals surface area contributed by atoms with Gasteiger partial charge in [-0.3, -0.25) is 4.57 Å². The van der Waals surface area contributed by atoms with Gasteiger partial charge in [-0.05, 0) is 30.7 Å². The highest BCUT2D eigenvalue weighted by atomic mass is 19.1. The van der Waals surface area contributed by atoms with Crippen molar-refractivity contribution < 1.29 is 4.39 Å². The molecular weight excluding hydrogens is 393 g/mol. The van der Waals surface area contributed by atoms with E-state index in [-0.39, 0.29) is 11.9 Å². The largest absolute Gasteiger partial charge is 0.358 e. The summed E-state index contributed by atoms with van der Waals surface area (Å²) in [6.07, 6.45) is 11.8. The average molecular weight is 413 g/mol. The lowest BCUT2D eigenvalue weighted by atomic mass is 10.2. The van der Waals surface area contributed by atoms with E-state index in [2.05, 4.69) is 45.0 Å². The van der Waals surface area contributed by atoms with Crippen LogP contribution < -0.4 is 5.32 Å². The molecule has 7 nitrogen and oxygen atoms in total. The molecule has 5 aromatic rings. The number of nitrogens with one attached hydrogen (secondary N) is 2. The number of aromatic amines is 1. The van der Waals surface area contributed by atoms with Gasteiger partial charge >= 0.3 is 0 Å². The topological polar surface area (TPSA) is 84.3 Å². The molecule has 0 aliphatic heterocycles. The second kappa shape index (κ2) is 8.63. The molecule has 2 aromatic carbocycles. The molecule has 0 saturated carbocycles. The Morgan fingerprint density at radius 2 is 1.90 bits per heavy atom. The Hall–Kier alpha value is -4.25. The maximum Gasteiger partial charge on any atom is 0.182 e. The molecule has 0 radical (unpaired) electrons. The minimum Gasteiger partial charge on any atom is -0.358 e. The Balaban J connectivity index is 0.00000112. The first-order chi connectivity index (χ1) is 15.2. The third-order valence-electron chi connectivity index (χ3n) is 4.91. The van der Waals surface area contributed by atoms with Crippen molar-refractivity contribution in [1.29, 1.82) is 0 Å². The normalized spacial score (nSPS) is 11.7. The molecule has 0 bridgehead atoms. The number of hydrogen-bond donors (Lipinski definition) is 2. The Labute approximate surface area is 178 Å². The van der Waals surface area contributed by atoms with Crippen LogP contribution in [0.15, 0.2) is 61.2 Å². The molecule has 0 spiro atoms. The van der Waals surface area contributed by atoms with Crippen molar-refractivity contribution in [2.24, 2.45) is 0 Å². The smallest absolute Gasteiger partial charge is 0.182 e. The van der Waals surface area contributed by atoms with E-state index in [4.69, 9.17) is 4.98 Å². The highest BCUT2D eigenvalue weighted by molar-refractivity contribution is 5.82. The molecule has 154 valence electrons. The number of rotatable bonds is 5. The van der Waals surface area contributed by atoms with Gasteiger partial charge in [0.2, 0.25) is 0 Å². The number of terminal acetylenes is 1. The van der Waals surface area contributed by atoms with Crippen LogP contribution in [0.3, 0.4) is 0 Å². The van der Waals surface area contributed by atoms with Crippen molar-refractivity contribution in [2.45, 2.75) is 19.4 Å². The predicted molar refractivity (Wildman–Crippen MR) is 119 cm³/mol. The monoisotopic (exact) mass is 413 g/mol. The van der Waals surface area contributed by atoms with E-state index in [9.17, 15) is 4.39 Å². The standard InChI is InChI=1S/C21H18FN7.C2H2/c1-2-15(27-20-18-19(24-11-23-18)25-12-26-20)21-28-16-9-8-13(22)10-17(16)29(21)14-6-4-3-5-7-14;1-2/h3-12,15H,2H2,1H3,(H2,23,24,25,26,27);1-2H/t15-;/m0./s1. The highest BCUT2D eigenvalue weighted by Gasteiger charge is 2.22. The van der Waals surface area contributed by atoms with E-state index in [0.29, 0.717) is 11.5 Å². The minimum atomic E-state index is -0.294. The SMILES string of the molecule is C#C.CC[C@H](Nc1ncnc2nc[nH]c12)c1nc2ccc(F)cc2n1-c1ccccc1. The van der Waals surface area contributed by atoms with Gasteiger partial charge in [0.05, 0.1) is 23.4 Å². The zero-order valence-corrected chi connectivity index (χ0v) is 16.8. The summed E-state index contributed by atoms with van der Waals surface area (Å²) in [6, 6.07) is 14.3. The molecule has 1 atom stereocenters. The van der Waals surface area contributed by atoms with Crippen molar-refractivity contribution in [3.05, 3.63) is 72.8 Å². The maximum atomic E-state index is 14.0. The minimum absolute atomic E-state index is 0.160. The summed E-state index contributed by atoms with van der Waals surface area (Å²) in [7, 11) is 0. The van der Waals surface area contributed by atoms with Crippen molar-refractivity contribution in [3.63, 3.8) is 0 Å². The second-order valence-electron chi connectivity index (χ2n) is 6.70. The van der Waals surface area contributed by atoms with Gasteiger partial charge in [-0.25, -0.2) is 24.3 Å². The molecule has 0 aliphatic carbocycles. The van der Waals surface area contributed by atoms with E-state index in [0.717, 1.165) is 34.5 Å². The molecule has 0 saturated heterocycles. The number of imidazole rings is 2. The van der Waals surface area contributed by atoms with Gasteiger partial charge in [0.1, 0.15) is 23.5 Å². The number of halogens is 1. The lowest BCUT2D eigenvalue weighted by Gasteiger charge is -2.19. The number of aromatic nitrogens is 6. The summed E-state index contributed by atoms with van der Waals surface area (Å²) in [4.78, 5) is 20.6. The molecule has 0 amide bonds. The molecule has 31 heavy (non-hydrogen) atoms. The van der Waals surface area contributed by atoms with Crippen LogP contribution in [-0.4, -0.2) is 29.5 Å². The fourth-order valence-electron chi connectivity index (χ4n) is 3.54. The molecule has 8 heteroatoms. The van der Waals surface area contributed by atoms with Crippen LogP contribution in [0.5, 0.6) is 0 Å². The summed E-state index contributed by atoms with van der Waals surface area (Å²) in [5.74, 6) is 1.14. The first-order valence-electron chi connectivity index (χ1n) is 9.72. The number of anilines is 1. The highest BCUT2D eigenvalue weighted by Crippen LogP contribution is 2.30. The number of nitrogens with zero attached hydrogens (tertiary/aromatic N) is 5. The second-order valence-corrected chi connectivity index (χ2v) is 6.70. The zero-order valence-electron chi connectivity index (χ0n) is 16.8. The van der Waals surface area contributed by atoms with Crippen molar-refractivity contribution in [3.8, 4) is 18.5 Å². The predicted octanol–water partition coefficient (Wildman–Crippen LogP) is 4.64. The van der Waals surface area contributed by atoms with Crippen molar-refractivity contribution >= 4 is 28.0 Å². The summed E-state index contributed by atoms with van der Waals surface area (Å²) < 4.78 is 16.0. The summed E-state index contributed by atoms with van der Waals surface area (Å²) in [5, 5.41) is 3.46. The lowest BCUT2D eigenvalue weighted by Crippen LogP contribution is -2.16. The van der Waals surface area contributed by atoms with E-state index in [1.54, 1.807) is 12.4 Å². The number of fused-ring (bicyclic) bond motifs is 2. The van der Waals surface area contributed by atoms with Crippen LogP contribution in [0, 0.1) is 18.7 Å². The summed E-state index contributed by atoms with van der Waals surface area (Å²) in [5.41, 5.74) is 3.71. The molecular formula is C23H20FN7. The van der Waals surface area contributed by atoms with Gasteiger partial charge in [0.15, 0.2) is 11.5 Å². The average Bonchev–Trinajstić information content (AvgIpc) is 3.44. The first kappa shape index (κ1) is 20.0. The van der Waals surface area contributed by atoms with E-state index in [1.165, 1.54) is 18.5 Å². The number of H-pyrrole nitrogens is 1. The van der Waals surface area contributed by atoms with Crippen LogP contribution in [0.2, 0.25) is 0 Å². The third-order valence-corrected chi connectivity index (χ3v) is 4.91. The first-order valence-corrected chi connectivity index (χ1v) is 9.72. The molecule has 0 unspecified atom stereocenters. The van der Waals surface area contributed by atoms with Crippen LogP contribution >= 0.6 is 0 Å². The van der Waals surface area contributed by atoms with Gasteiger partial charge in [0.25, 0.3) is 0 Å². The Kier molecular flexibility index (Phi) is 5.58. The number of hydrogen-bond acceptors (Lipinski definition) is 5. The van der Waals surface area contributed by atoms with Crippen LogP contribution in [0.4, 0.5) is 10.2 Å². The lowest BCUT2D eigenvalue weighted by molar-refractivity contribution is 0.629. The fourth-order valence-corrected chi connectivity index (χ4v) is 3.54. The summed E-state index contributed by atoms with van der Waals surface area (Å²) in [6.45, 7) is 2.07. The Morgan fingerprint density at radius 3 is 2.68 bits per heavy atom. The Bertz CT molecular complexity index is 1340. The Morgan fingerprint density at radius 1 is 1.10 bits per heavy atom. The fraction of sp³-hybridized carbons (Fsp3) is 0.130. The third kappa shape index (κ3) is 3.69. The molecule has 2 N–H and O–H groups in total.